The lowest BCUT2D eigenvalue weighted by molar-refractivity contribution is 0.849. The summed E-state index contributed by atoms with van der Waals surface area (Å²) in [7, 11) is 0. The fraction of sp³-hybridized carbons (Fsp3) is 0.333. The molecule has 0 atom stereocenters. The number of rotatable bonds is 5. The summed E-state index contributed by atoms with van der Waals surface area (Å²) in [6, 6.07) is 10.1. The number of anilines is 3. The first-order chi connectivity index (χ1) is 9.22. The molecule has 0 saturated heterocycles. The fourth-order valence-corrected chi connectivity index (χ4v) is 2.01. The first kappa shape index (κ1) is 13.3. The summed E-state index contributed by atoms with van der Waals surface area (Å²) in [4.78, 5) is 8.71. The van der Waals surface area contributed by atoms with Gasteiger partial charge in [0.15, 0.2) is 0 Å². The third kappa shape index (κ3) is 3.22. The van der Waals surface area contributed by atoms with Gasteiger partial charge in [0, 0.05) is 17.8 Å². The van der Waals surface area contributed by atoms with Crippen LogP contribution in [0.15, 0.2) is 36.7 Å². The van der Waals surface area contributed by atoms with Crippen LogP contribution >= 0.6 is 0 Å². The number of nitrogens with zero attached hydrogens (tertiary/aromatic N) is 2. The minimum Gasteiger partial charge on any atom is -0.370 e. The van der Waals surface area contributed by atoms with E-state index in [1.54, 1.807) is 6.33 Å². The maximum Gasteiger partial charge on any atom is 0.139 e. The zero-order valence-electron chi connectivity index (χ0n) is 11.6. The van der Waals surface area contributed by atoms with Gasteiger partial charge in [-0.2, -0.15) is 0 Å². The summed E-state index contributed by atoms with van der Waals surface area (Å²) in [5.74, 6) is 2.12. The highest BCUT2D eigenvalue weighted by atomic mass is 15.1. The van der Waals surface area contributed by atoms with Crippen LogP contribution in [0.25, 0.3) is 0 Å². The Kier molecular flexibility index (Phi) is 4.34. The van der Waals surface area contributed by atoms with Crippen LogP contribution in [0.5, 0.6) is 0 Å². The Hall–Kier alpha value is -2.10. The predicted molar refractivity (Wildman–Crippen MR) is 80.0 cm³/mol. The molecule has 0 unspecified atom stereocenters. The molecule has 1 aromatic carbocycles. The minimum atomic E-state index is 0.349. The first-order valence-corrected chi connectivity index (χ1v) is 6.63. The number of para-hydroxylation sites is 1. The molecule has 19 heavy (non-hydrogen) atoms. The van der Waals surface area contributed by atoms with E-state index in [1.165, 1.54) is 0 Å². The van der Waals surface area contributed by atoms with Gasteiger partial charge < -0.3 is 10.6 Å². The Morgan fingerprint density at radius 3 is 2.37 bits per heavy atom. The lowest BCUT2D eigenvalue weighted by Gasteiger charge is -2.17. The van der Waals surface area contributed by atoms with E-state index < -0.39 is 0 Å². The van der Waals surface area contributed by atoms with Gasteiger partial charge in [0.1, 0.15) is 18.0 Å². The van der Waals surface area contributed by atoms with Gasteiger partial charge in [0.05, 0.1) is 0 Å². The SMILES string of the molecule is CCNc1ncnc(Nc2ccccc2)c1C(C)C. The van der Waals surface area contributed by atoms with Gasteiger partial charge in [-0.05, 0) is 25.0 Å². The van der Waals surface area contributed by atoms with Gasteiger partial charge in [-0.3, -0.25) is 0 Å². The molecule has 0 aliphatic carbocycles. The van der Waals surface area contributed by atoms with E-state index in [1.807, 2.05) is 30.3 Å². The molecule has 0 fully saturated rings. The quantitative estimate of drug-likeness (QED) is 0.855. The molecule has 4 nitrogen and oxygen atoms in total. The largest absolute Gasteiger partial charge is 0.370 e. The second-order valence-electron chi connectivity index (χ2n) is 4.66. The summed E-state index contributed by atoms with van der Waals surface area (Å²) in [6.45, 7) is 7.21. The van der Waals surface area contributed by atoms with E-state index >= 15 is 0 Å². The lowest BCUT2D eigenvalue weighted by atomic mass is 10.0. The topological polar surface area (TPSA) is 49.8 Å². The van der Waals surface area contributed by atoms with Crippen LogP contribution in [0.1, 0.15) is 32.3 Å². The highest BCUT2D eigenvalue weighted by Crippen LogP contribution is 2.30. The van der Waals surface area contributed by atoms with Crippen molar-refractivity contribution in [3.05, 3.63) is 42.2 Å². The van der Waals surface area contributed by atoms with Crippen molar-refractivity contribution in [3.63, 3.8) is 0 Å². The van der Waals surface area contributed by atoms with Gasteiger partial charge in [-0.1, -0.05) is 32.0 Å². The van der Waals surface area contributed by atoms with Crippen LogP contribution in [-0.4, -0.2) is 16.5 Å². The maximum atomic E-state index is 4.38. The van der Waals surface area contributed by atoms with Gasteiger partial charge in [0.25, 0.3) is 0 Å². The van der Waals surface area contributed by atoms with Crippen LogP contribution in [0.4, 0.5) is 17.3 Å². The van der Waals surface area contributed by atoms with Crippen LogP contribution < -0.4 is 10.6 Å². The number of benzene rings is 1. The van der Waals surface area contributed by atoms with Gasteiger partial charge in [0.2, 0.25) is 0 Å². The van der Waals surface area contributed by atoms with Gasteiger partial charge in [-0.25, -0.2) is 9.97 Å². The van der Waals surface area contributed by atoms with E-state index in [0.29, 0.717) is 5.92 Å². The Labute approximate surface area is 114 Å². The molecule has 2 rings (SSSR count). The van der Waals surface area contributed by atoms with Crippen molar-refractivity contribution in [1.29, 1.82) is 0 Å². The summed E-state index contributed by atoms with van der Waals surface area (Å²) in [5, 5.41) is 6.65. The molecule has 0 spiro atoms. The summed E-state index contributed by atoms with van der Waals surface area (Å²) < 4.78 is 0. The number of hydrogen-bond donors (Lipinski definition) is 2. The van der Waals surface area contributed by atoms with Gasteiger partial charge in [-0.15, -0.1) is 0 Å². The van der Waals surface area contributed by atoms with Crippen molar-refractivity contribution in [2.45, 2.75) is 26.7 Å². The first-order valence-electron chi connectivity index (χ1n) is 6.63. The molecule has 0 saturated carbocycles. The van der Waals surface area contributed by atoms with E-state index in [0.717, 1.165) is 29.4 Å². The zero-order chi connectivity index (χ0) is 13.7. The summed E-state index contributed by atoms with van der Waals surface area (Å²) >= 11 is 0. The van der Waals surface area contributed by atoms with E-state index in [9.17, 15) is 0 Å². The molecular formula is C15H20N4. The Morgan fingerprint density at radius 1 is 1.05 bits per heavy atom. The van der Waals surface area contributed by atoms with Crippen LogP contribution in [0.2, 0.25) is 0 Å². The normalized spacial score (nSPS) is 10.5. The number of hydrogen-bond acceptors (Lipinski definition) is 4. The monoisotopic (exact) mass is 256 g/mol. The second kappa shape index (κ2) is 6.18. The Balaban J connectivity index is 2.36. The molecule has 0 aliphatic heterocycles. The molecular weight excluding hydrogens is 236 g/mol. The van der Waals surface area contributed by atoms with Crippen molar-refractivity contribution < 1.29 is 0 Å². The van der Waals surface area contributed by atoms with Crippen molar-refractivity contribution in [3.8, 4) is 0 Å². The average molecular weight is 256 g/mol. The number of nitrogens with one attached hydrogen (secondary N) is 2. The molecule has 0 bridgehead atoms. The predicted octanol–water partition coefficient (Wildman–Crippen LogP) is 3.78. The summed E-state index contributed by atoms with van der Waals surface area (Å²) in [6.07, 6.45) is 1.59. The molecule has 4 heteroatoms. The van der Waals surface area contributed by atoms with Crippen molar-refractivity contribution >= 4 is 17.3 Å². The molecule has 0 amide bonds. The molecule has 2 N–H and O–H groups in total. The van der Waals surface area contributed by atoms with Crippen molar-refractivity contribution in [2.75, 3.05) is 17.2 Å². The molecule has 2 aromatic rings. The second-order valence-corrected chi connectivity index (χ2v) is 4.66. The maximum absolute atomic E-state index is 4.38. The molecule has 100 valence electrons. The standard InChI is InChI=1S/C15H20N4/c1-4-16-14-13(11(2)3)15(18-10-17-14)19-12-8-6-5-7-9-12/h5-11H,4H2,1-3H3,(H2,16,17,18,19). The third-order valence-corrected chi connectivity index (χ3v) is 2.84. The number of aromatic nitrogens is 2. The highest BCUT2D eigenvalue weighted by Gasteiger charge is 2.14. The van der Waals surface area contributed by atoms with E-state index in [4.69, 9.17) is 0 Å². The van der Waals surface area contributed by atoms with E-state index in [2.05, 4.69) is 41.4 Å². The summed E-state index contributed by atoms with van der Waals surface area (Å²) in [5.41, 5.74) is 2.15. The lowest BCUT2D eigenvalue weighted by Crippen LogP contribution is -2.09. The van der Waals surface area contributed by atoms with Crippen molar-refractivity contribution in [2.24, 2.45) is 0 Å². The molecule has 1 heterocycles. The Bertz CT molecular complexity index is 523. The highest BCUT2D eigenvalue weighted by molar-refractivity contribution is 5.65. The van der Waals surface area contributed by atoms with Crippen LogP contribution in [0, 0.1) is 0 Å². The third-order valence-electron chi connectivity index (χ3n) is 2.84. The van der Waals surface area contributed by atoms with Crippen LogP contribution in [0.3, 0.4) is 0 Å². The Morgan fingerprint density at radius 2 is 1.74 bits per heavy atom. The van der Waals surface area contributed by atoms with Crippen molar-refractivity contribution in [1.82, 2.24) is 9.97 Å². The van der Waals surface area contributed by atoms with Crippen LogP contribution in [-0.2, 0) is 0 Å². The smallest absolute Gasteiger partial charge is 0.139 e. The minimum absolute atomic E-state index is 0.349. The molecule has 0 aliphatic rings. The van der Waals surface area contributed by atoms with Gasteiger partial charge >= 0.3 is 0 Å². The van der Waals surface area contributed by atoms with E-state index in [-0.39, 0.29) is 0 Å². The molecule has 1 aromatic heterocycles. The fourth-order valence-electron chi connectivity index (χ4n) is 2.01. The average Bonchev–Trinajstić information content (AvgIpc) is 2.40. The zero-order valence-corrected chi connectivity index (χ0v) is 11.6. The molecule has 0 radical (unpaired) electrons.